The van der Waals surface area contributed by atoms with Gasteiger partial charge in [-0.3, -0.25) is 20.2 Å². The van der Waals surface area contributed by atoms with Crippen molar-refractivity contribution >= 4 is 23.1 Å². The highest BCUT2D eigenvalue weighted by Crippen LogP contribution is 2.56. The number of likely N-dealkylation sites (N-methyl/N-ethyl adjacent to an activating group) is 1. The SMILES string of the molecule is COc1cc([N+](=O)[O-])cc2c1O[C@]1(C=C2)N(C)c2ccc([N+](=O)[O-])cc2C1(C)C. The fourth-order valence-corrected chi connectivity index (χ4v) is 4.23. The van der Waals surface area contributed by atoms with Gasteiger partial charge in [-0.2, -0.15) is 0 Å². The molecule has 0 radical (unpaired) electrons. The highest BCUT2D eigenvalue weighted by molar-refractivity contribution is 5.75. The molecule has 9 nitrogen and oxygen atoms in total. The molecule has 4 rings (SSSR count). The third kappa shape index (κ3) is 2.40. The number of nitro benzene ring substituents is 2. The molecule has 2 aliphatic heterocycles. The van der Waals surface area contributed by atoms with E-state index >= 15 is 0 Å². The fourth-order valence-electron chi connectivity index (χ4n) is 4.23. The van der Waals surface area contributed by atoms with Crippen LogP contribution in [0.4, 0.5) is 17.1 Å². The molecule has 1 spiro atoms. The van der Waals surface area contributed by atoms with Crippen molar-refractivity contribution in [3.63, 3.8) is 0 Å². The van der Waals surface area contributed by atoms with Crippen LogP contribution in [-0.4, -0.2) is 29.7 Å². The van der Waals surface area contributed by atoms with Gasteiger partial charge in [-0.1, -0.05) is 0 Å². The second kappa shape index (κ2) is 5.94. The summed E-state index contributed by atoms with van der Waals surface area (Å²) in [4.78, 5) is 23.5. The van der Waals surface area contributed by atoms with E-state index in [-0.39, 0.29) is 17.1 Å². The van der Waals surface area contributed by atoms with Crippen LogP contribution in [0, 0.1) is 20.2 Å². The highest BCUT2D eigenvalue weighted by atomic mass is 16.6. The lowest BCUT2D eigenvalue weighted by Crippen LogP contribution is -2.58. The summed E-state index contributed by atoms with van der Waals surface area (Å²) in [6.07, 6.45) is 3.61. The van der Waals surface area contributed by atoms with Crippen LogP contribution < -0.4 is 14.4 Å². The van der Waals surface area contributed by atoms with E-state index in [1.165, 1.54) is 25.3 Å². The molecule has 0 aliphatic carbocycles. The zero-order valence-electron chi connectivity index (χ0n) is 16.3. The molecule has 0 N–H and O–H groups in total. The van der Waals surface area contributed by atoms with Gasteiger partial charge in [-0.15, -0.1) is 0 Å². The summed E-state index contributed by atoms with van der Waals surface area (Å²) in [5.74, 6) is 0.645. The molecule has 29 heavy (non-hydrogen) atoms. The fraction of sp³-hybridized carbons (Fsp3) is 0.300. The zero-order chi connectivity index (χ0) is 21.1. The van der Waals surface area contributed by atoms with Crippen LogP contribution in [0.2, 0.25) is 0 Å². The smallest absolute Gasteiger partial charge is 0.274 e. The maximum atomic E-state index is 11.3. The minimum absolute atomic E-state index is 0.00988. The van der Waals surface area contributed by atoms with Crippen molar-refractivity contribution < 1.29 is 19.3 Å². The Morgan fingerprint density at radius 2 is 1.76 bits per heavy atom. The second-order valence-corrected chi connectivity index (χ2v) is 7.60. The molecule has 1 atom stereocenters. The molecule has 0 amide bonds. The number of methoxy groups -OCH3 is 1. The van der Waals surface area contributed by atoms with Gasteiger partial charge in [0.25, 0.3) is 11.4 Å². The molecule has 0 fully saturated rings. The number of hydrogen-bond acceptors (Lipinski definition) is 7. The van der Waals surface area contributed by atoms with Gasteiger partial charge >= 0.3 is 0 Å². The second-order valence-electron chi connectivity index (χ2n) is 7.60. The lowest BCUT2D eigenvalue weighted by atomic mass is 9.76. The monoisotopic (exact) mass is 397 g/mol. The largest absolute Gasteiger partial charge is 0.493 e. The van der Waals surface area contributed by atoms with Crippen LogP contribution in [0.5, 0.6) is 11.5 Å². The number of nitro groups is 2. The maximum absolute atomic E-state index is 11.3. The summed E-state index contributed by atoms with van der Waals surface area (Å²) in [5, 5.41) is 22.5. The number of anilines is 1. The summed E-state index contributed by atoms with van der Waals surface area (Å²) < 4.78 is 11.8. The molecule has 2 aromatic rings. The Morgan fingerprint density at radius 1 is 1.07 bits per heavy atom. The predicted octanol–water partition coefficient (Wildman–Crippen LogP) is 4.04. The van der Waals surface area contributed by atoms with E-state index in [9.17, 15) is 20.2 Å². The number of benzene rings is 2. The van der Waals surface area contributed by atoms with Gasteiger partial charge in [0.05, 0.1) is 28.4 Å². The Hall–Kier alpha value is -3.62. The van der Waals surface area contributed by atoms with Gasteiger partial charge in [-0.05, 0) is 37.6 Å². The Kier molecular flexibility index (Phi) is 3.83. The molecule has 2 heterocycles. The predicted molar refractivity (Wildman–Crippen MR) is 107 cm³/mol. The van der Waals surface area contributed by atoms with Crippen LogP contribution in [-0.2, 0) is 5.41 Å². The average molecular weight is 397 g/mol. The van der Waals surface area contributed by atoms with Gasteiger partial charge in [0.1, 0.15) is 0 Å². The Labute approximate surface area is 166 Å². The molecular weight excluding hydrogens is 378 g/mol. The van der Waals surface area contributed by atoms with E-state index in [4.69, 9.17) is 9.47 Å². The van der Waals surface area contributed by atoms with Crippen LogP contribution >= 0.6 is 0 Å². The first-order valence-electron chi connectivity index (χ1n) is 8.90. The van der Waals surface area contributed by atoms with E-state index < -0.39 is 21.0 Å². The van der Waals surface area contributed by atoms with Crippen molar-refractivity contribution in [3.05, 3.63) is 67.8 Å². The average Bonchev–Trinajstić information content (AvgIpc) is 2.85. The van der Waals surface area contributed by atoms with Crippen molar-refractivity contribution in [1.29, 1.82) is 0 Å². The Morgan fingerprint density at radius 3 is 2.38 bits per heavy atom. The summed E-state index contributed by atoms with van der Waals surface area (Å²) in [5.41, 5.74) is 0.398. The lowest BCUT2D eigenvalue weighted by molar-refractivity contribution is -0.385. The molecule has 150 valence electrons. The number of hydrogen-bond donors (Lipinski definition) is 0. The summed E-state index contributed by atoms with van der Waals surface area (Å²) in [7, 11) is 3.28. The van der Waals surface area contributed by atoms with E-state index in [2.05, 4.69) is 0 Å². The molecule has 2 aliphatic rings. The molecule has 0 aromatic heterocycles. The van der Waals surface area contributed by atoms with E-state index in [1.807, 2.05) is 31.9 Å². The molecule has 2 aromatic carbocycles. The van der Waals surface area contributed by atoms with Gasteiger partial charge < -0.3 is 14.4 Å². The highest BCUT2D eigenvalue weighted by Gasteiger charge is 2.58. The molecular formula is C20H19N3O6. The van der Waals surface area contributed by atoms with Crippen LogP contribution in [0.3, 0.4) is 0 Å². The minimum Gasteiger partial charge on any atom is -0.493 e. The number of ether oxygens (including phenoxy) is 2. The Bertz CT molecular complexity index is 1090. The quantitative estimate of drug-likeness (QED) is 0.568. The molecule has 0 saturated heterocycles. The van der Waals surface area contributed by atoms with Gasteiger partial charge in [-0.25, -0.2) is 0 Å². The lowest BCUT2D eigenvalue weighted by Gasteiger charge is -2.45. The first-order chi connectivity index (χ1) is 13.6. The standard InChI is InChI=1S/C20H19N3O6/c1-19(2)15-10-13(22(24)25)5-6-16(15)21(3)20(19)8-7-12-9-14(23(26)27)11-17(28-4)18(12)29-20/h5-11H,1-4H3/t20-/m0/s1. The number of non-ortho nitro benzene ring substituents is 2. The minimum atomic E-state index is -0.985. The summed E-state index contributed by atoms with van der Waals surface area (Å²) >= 11 is 0. The topological polar surface area (TPSA) is 108 Å². The Balaban J connectivity index is 1.88. The van der Waals surface area contributed by atoms with Crippen LogP contribution in [0.15, 0.2) is 36.4 Å². The maximum Gasteiger partial charge on any atom is 0.274 e. The number of rotatable bonds is 3. The normalized spacial score (nSPS) is 20.8. The summed E-state index contributed by atoms with van der Waals surface area (Å²) in [6.45, 7) is 3.90. The van der Waals surface area contributed by atoms with Crippen molar-refractivity contribution in [1.82, 2.24) is 0 Å². The van der Waals surface area contributed by atoms with E-state index in [0.717, 1.165) is 11.3 Å². The zero-order valence-corrected chi connectivity index (χ0v) is 16.3. The van der Waals surface area contributed by atoms with Crippen LogP contribution in [0.25, 0.3) is 6.08 Å². The first-order valence-corrected chi connectivity index (χ1v) is 8.90. The molecule has 0 bridgehead atoms. The van der Waals surface area contributed by atoms with Crippen molar-refractivity contribution in [2.24, 2.45) is 0 Å². The van der Waals surface area contributed by atoms with Crippen molar-refractivity contribution in [2.45, 2.75) is 25.0 Å². The van der Waals surface area contributed by atoms with Crippen LogP contribution in [0.1, 0.15) is 25.0 Å². The summed E-state index contributed by atoms with van der Waals surface area (Å²) in [6, 6.07) is 7.51. The van der Waals surface area contributed by atoms with Gasteiger partial charge in [0.15, 0.2) is 11.5 Å². The van der Waals surface area contributed by atoms with Gasteiger partial charge in [0.2, 0.25) is 5.72 Å². The van der Waals surface area contributed by atoms with Crippen molar-refractivity contribution in [3.8, 4) is 11.5 Å². The third-order valence-corrected chi connectivity index (χ3v) is 5.86. The molecule has 0 unspecified atom stereocenters. The molecule has 0 saturated carbocycles. The number of nitrogens with zero attached hydrogens (tertiary/aromatic N) is 3. The number of fused-ring (bicyclic) bond motifs is 2. The van der Waals surface area contributed by atoms with Crippen molar-refractivity contribution in [2.75, 3.05) is 19.1 Å². The van der Waals surface area contributed by atoms with Gasteiger partial charge in [0, 0.05) is 36.5 Å². The van der Waals surface area contributed by atoms with E-state index in [1.54, 1.807) is 18.2 Å². The third-order valence-electron chi connectivity index (χ3n) is 5.86. The molecule has 9 heteroatoms. The van der Waals surface area contributed by atoms with E-state index in [0.29, 0.717) is 11.3 Å². The first kappa shape index (κ1) is 18.7.